The highest BCUT2D eigenvalue weighted by molar-refractivity contribution is 7.17. The summed E-state index contributed by atoms with van der Waals surface area (Å²) in [6.45, 7) is 3.72. The number of hydrogen-bond acceptors (Lipinski definition) is 2. The van der Waals surface area contributed by atoms with Gasteiger partial charge in [0, 0.05) is 21.4 Å². The normalized spacial score (nSPS) is 10.9. The van der Waals surface area contributed by atoms with Crippen LogP contribution >= 0.6 is 22.9 Å². The van der Waals surface area contributed by atoms with Gasteiger partial charge in [-0.1, -0.05) is 25.4 Å². The minimum Gasteiger partial charge on any atom is -0.293 e. The van der Waals surface area contributed by atoms with Gasteiger partial charge in [0.15, 0.2) is 5.78 Å². The maximum absolute atomic E-state index is 13.2. The Kier molecular flexibility index (Phi) is 3.83. The highest BCUT2D eigenvalue weighted by Crippen LogP contribution is 2.34. The van der Waals surface area contributed by atoms with Crippen LogP contribution in [0.4, 0.5) is 4.39 Å². The molecule has 0 saturated heterocycles. The summed E-state index contributed by atoms with van der Waals surface area (Å²) in [4.78, 5) is 13.3. The van der Waals surface area contributed by atoms with E-state index in [2.05, 4.69) is 0 Å². The number of benzene rings is 1. The average Bonchev–Trinajstić information content (AvgIpc) is 2.80. The van der Waals surface area contributed by atoms with Gasteiger partial charge in [-0.3, -0.25) is 4.79 Å². The van der Waals surface area contributed by atoms with Crippen LogP contribution in [0.1, 0.15) is 23.5 Å². The number of carbonyl (C=O) groups excluding carboxylic acids is 1. The molecule has 0 radical (unpaired) electrons. The molecule has 2 rings (SSSR count). The highest BCUT2D eigenvalue weighted by atomic mass is 35.5. The summed E-state index contributed by atoms with van der Waals surface area (Å²) in [5.41, 5.74) is 0.629. The van der Waals surface area contributed by atoms with Crippen molar-refractivity contribution >= 4 is 28.7 Å². The molecule has 0 aliphatic heterocycles. The average molecular weight is 283 g/mol. The lowest BCUT2D eigenvalue weighted by atomic mass is 10.1. The van der Waals surface area contributed by atoms with E-state index in [0.717, 1.165) is 4.88 Å². The Balaban J connectivity index is 2.41. The summed E-state index contributed by atoms with van der Waals surface area (Å²) >= 11 is 7.38. The SMILES string of the molecule is CC(C)C(=O)c1ccc(-c2cc(F)ccc2Cl)s1. The summed E-state index contributed by atoms with van der Waals surface area (Å²) < 4.78 is 13.2. The molecule has 0 unspecified atom stereocenters. The van der Waals surface area contributed by atoms with Crippen LogP contribution in [0, 0.1) is 11.7 Å². The fourth-order valence-corrected chi connectivity index (χ4v) is 2.99. The Morgan fingerprint density at radius 3 is 2.67 bits per heavy atom. The monoisotopic (exact) mass is 282 g/mol. The highest BCUT2D eigenvalue weighted by Gasteiger charge is 2.15. The lowest BCUT2D eigenvalue weighted by Gasteiger charge is -2.02. The molecule has 0 aliphatic rings. The smallest absolute Gasteiger partial charge is 0.175 e. The first-order chi connectivity index (χ1) is 8.49. The second-order valence-corrected chi connectivity index (χ2v) is 5.80. The third-order valence-corrected chi connectivity index (χ3v) is 4.03. The van der Waals surface area contributed by atoms with E-state index in [0.29, 0.717) is 15.5 Å². The second kappa shape index (κ2) is 5.21. The third-order valence-electron chi connectivity index (χ3n) is 2.57. The minimum atomic E-state index is -0.334. The molecule has 0 spiro atoms. The van der Waals surface area contributed by atoms with Crippen LogP contribution < -0.4 is 0 Å². The predicted molar refractivity (Wildman–Crippen MR) is 73.9 cm³/mol. The fourth-order valence-electron chi connectivity index (χ4n) is 1.59. The molecule has 1 aromatic heterocycles. The molecule has 4 heteroatoms. The Labute approximate surface area is 114 Å². The number of halogens is 2. The van der Waals surface area contributed by atoms with Gasteiger partial charge in [-0.25, -0.2) is 4.39 Å². The number of carbonyl (C=O) groups is 1. The largest absolute Gasteiger partial charge is 0.293 e. The van der Waals surface area contributed by atoms with E-state index >= 15 is 0 Å². The first-order valence-corrected chi connectivity index (χ1v) is 6.78. The van der Waals surface area contributed by atoms with Crippen LogP contribution in [0.2, 0.25) is 5.02 Å². The van der Waals surface area contributed by atoms with Crippen molar-refractivity contribution in [2.24, 2.45) is 5.92 Å². The maximum Gasteiger partial charge on any atom is 0.175 e. The van der Waals surface area contributed by atoms with Crippen molar-refractivity contribution < 1.29 is 9.18 Å². The van der Waals surface area contributed by atoms with Crippen LogP contribution in [-0.2, 0) is 0 Å². The molecular formula is C14H12ClFOS. The molecule has 1 heterocycles. The topological polar surface area (TPSA) is 17.1 Å². The second-order valence-electron chi connectivity index (χ2n) is 4.31. The van der Waals surface area contributed by atoms with Crippen molar-refractivity contribution in [3.63, 3.8) is 0 Å². The Bertz CT molecular complexity index is 589. The molecule has 1 nitrogen and oxygen atoms in total. The Morgan fingerprint density at radius 2 is 2.00 bits per heavy atom. The minimum absolute atomic E-state index is 0.0421. The standard InChI is InChI=1S/C14H12ClFOS/c1-8(2)14(17)13-6-5-12(18-13)10-7-9(16)3-4-11(10)15/h3-8H,1-2H3. The van der Waals surface area contributed by atoms with Crippen LogP contribution in [0.25, 0.3) is 10.4 Å². The predicted octanol–water partition coefficient (Wildman–Crippen LogP) is 5.05. The fraction of sp³-hybridized carbons (Fsp3) is 0.214. The van der Waals surface area contributed by atoms with Crippen molar-refractivity contribution in [1.29, 1.82) is 0 Å². The number of rotatable bonds is 3. The Morgan fingerprint density at radius 1 is 1.28 bits per heavy atom. The van der Waals surface area contributed by atoms with E-state index in [1.54, 1.807) is 12.1 Å². The molecule has 0 amide bonds. The van der Waals surface area contributed by atoms with E-state index < -0.39 is 0 Å². The van der Waals surface area contributed by atoms with Gasteiger partial charge in [-0.15, -0.1) is 11.3 Å². The maximum atomic E-state index is 13.2. The lowest BCUT2D eigenvalue weighted by Crippen LogP contribution is -2.04. The molecule has 0 N–H and O–H groups in total. The van der Waals surface area contributed by atoms with Crippen LogP contribution in [-0.4, -0.2) is 5.78 Å². The van der Waals surface area contributed by atoms with Crippen molar-refractivity contribution in [3.8, 4) is 10.4 Å². The van der Waals surface area contributed by atoms with Crippen molar-refractivity contribution in [2.45, 2.75) is 13.8 Å². The molecule has 0 atom stereocenters. The van der Waals surface area contributed by atoms with Gasteiger partial charge < -0.3 is 0 Å². The summed E-state index contributed by atoms with van der Waals surface area (Å²) in [6.07, 6.45) is 0. The van der Waals surface area contributed by atoms with E-state index in [9.17, 15) is 9.18 Å². The third kappa shape index (κ3) is 2.62. The zero-order valence-electron chi connectivity index (χ0n) is 10.0. The number of ketones is 1. The quantitative estimate of drug-likeness (QED) is 0.720. The molecule has 1 aromatic carbocycles. The number of Topliss-reactive ketones (excluding diaryl/α,β-unsaturated/α-hetero) is 1. The van der Waals surface area contributed by atoms with Gasteiger partial charge in [-0.2, -0.15) is 0 Å². The molecule has 0 aliphatic carbocycles. The zero-order chi connectivity index (χ0) is 13.3. The first kappa shape index (κ1) is 13.2. The lowest BCUT2D eigenvalue weighted by molar-refractivity contribution is 0.0943. The van der Waals surface area contributed by atoms with E-state index in [4.69, 9.17) is 11.6 Å². The molecule has 2 aromatic rings. The van der Waals surface area contributed by atoms with E-state index in [-0.39, 0.29) is 17.5 Å². The number of thiophene rings is 1. The van der Waals surface area contributed by atoms with Crippen LogP contribution in [0.15, 0.2) is 30.3 Å². The van der Waals surface area contributed by atoms with Gasteiger partial charge in [0.1, 0.15) is 5.82 Å². The van der Waals surface area contributed by atoms with Gasteiger partial charge in [0.05, 0.1) is 4.88 Å². The molecule has 0 fully saturated rings. The van der Waals surface area contributed by atoms with E-state index in [1.165, 1.54) is 29.5 Å². The zero-order valence-corrected chi connectivity index (χ0v) is 11.6. The van der Waals surface area contributed by atoms with Crippen LogP contribution in [0.3, 0.4) is 0 Å². The van der Waals surface area contributed by atoms with E-state index in [1.807, 2.05) is 13.8 Å². The van der Waals surface area contributed by atoms with Crippen LogP contribution in [0.5, 0.6) is 0 Å². The molecule has 0 bridgehead atoms. The molecular weight excluding hydrogens is 271 g/mol. The molecule has 0 saturated carbocycles. The summed E-state index contributed by atoms with van der Waals surface area (Å²) in [5, 5.41) is 0.488. The Hall–Kier alpha value is -1.19. The van der Waals surface area contributed by atoms with Gasteiger partial charge >= 0.3 is 0 Å². The van der Waals surface area contributed by atoms with Crippen molar-refractivity contribution in [2.75, 3.05) is 0 Å². The van der Waals surface area contributed by atoms with Gasteiger partial charge in [-0.05, 0) is 30.3 Å². The summed E-state index contributed by atoms with van der Waals surface area (Å²) in [6, 6.07) is 7.80. The van der Waals surface area contributed by atoms with Gasteiger partial charge in [0.25, 0.3) is 0 Å². The summed E-state index contributed by atoms with van der Waals surface area (Å²) in [5.74, 6) is -0.280. The molecule has 94 valence electrons. The molecule has 18 heavy (non-hydrogen) atoms. The number of hydrogen-bond donors (Lipinski definition) is 0. The first-order valence-electron chi connectivity index (χ1n) is 5.58. The summed E-state index contributed by atoms with van der Waals surface area (Å²) in [7, 11) is 0. The van der Waals surface area contributed by atoms with Crippen molar-refractivity contribution in [3.05, 3.63) is 46.0 Å². The van der Waals surface area contributed by atoms with Gasteiger partial charge in [0.2, 0.25) is 0 Å². The van der Waals surface area contributed by atoms with Crippen molar-refractivity contribution in [1.82, 2.24) is 0 Å².